The SMILES string of the molecule is O=C(Nc1ccc(N2CCCS2(=O)=O)cc1)C1Cc2ccccc2CN1C(=O)Nc1ccc(Cl)cc1. The van der Waals surface area contributed by atoms with Gasteiger partial charge in [0.1, 0.15) is 6.04 Å². The van der Waals surface area contributed by atoms with Crippen molar-refractivity contribution in [1.82, 2.24) is 4.90 Å². The second kappa shape index (κ2) is 9.83. The van der Waals surface area contributed by atoms with Gasteiger partial charge < -0.3 is 15.5 Å². The Morgan fingerprint density at radius 2 is 1.50 bits per heavy atom. The zero-order chi connectivity index (χ0) is 25.3. The van der Waals surface area contributed by atoms with Crippen LogP contribution in [0.4, 0.5) is 21.9 Å². The summed E-state index contributed by atoms with van der Waals surface area (Å²) in [5.74, 6) is -0.181. The van der Waals surface area contributed by atoms with E-state index in [0.29, 0.717) is 48.0 Å². The van der Waals surface area contributed by atoms with Crippen LogP contribution >= 0.6 is 11.6 Å². The van der Waals surface area contributed by atoms with Gasteiger partial charge in [-0.25, -0.2) is 13.2 Å². The molecule has 0 spiro atoms. The van der Waals surface area contributed by atoms with E-state index in [1.807, 2.05) is 24.3 Å². The van der Waals surface area contributed by atoms with Crippen molar-refractivity contribution in [3.05, 3.63) is 88.9 Å². The van der Waals surface area contributed by atoms with Crippen LogP contribution in [0.3, 0.4) is 0 Å². The number of nitrogens with zero attached hydrogens (tertiary/aromatic N) is 2. The molecule has 0 bridgehead atoms. The summed E-state index contributed by atoms with van der Waals surface area (Å²) in [4.78, 5) is 28.1. The normalized spacial score (nSPS) is 18.4. The monoisotopic (exact) mass is 524 g/mol. The molecule has 186 valence electrons. The van der Waals surface area contributed by atoms with Crippen molar-refractivity contribution in [2.45, 2.75) is 25.4 Å². The minimum atomic E-state index is -3.28. The molecule has 5 rings (SSSR count). The number of amides is 3. The number of nitrogens with one attached hydrogen (secondary N) is 2. The van der Waals surface area contributed by atoms with Gasteiger partial charge in [-0.3, -0.25) is 9.10 Å². The third-order valence-corrected chi connectivity index (χ3v) is 8.55. The molecule has 2 aliphatic heterocycles. The standard InChI is InChI=1S/C26H25ClN4O4S/c27-20-6-8-22(9-7-20)29-26(33)30-17-19-5-2-1-4-18(19)16-24(30)25(32)28-21-10-12-23(13-11-21)31-14-3-15-36(31,34)35/h1-2,4-13,24H,3,14-17H2,(H,28,32)(H,29,33). The van der Waals surface area contributed by atoms with Crippen LogP contribution in [-0.2, 0) is 27.8 Å². The number of urea groups is 1. The fourth-order valence-electron chi connectivity index (χ4n) is 4.57. The number of sulfonamides is 1. The molecule has 8 nitrogen and oxygen atoms in total. The van der Waals surface area contributed by atoms with Gasteiger partial charge in [-0.05, 0) is 66.1 Å². The minimum Gasteiger partial charge on any atom is -0.324 e. The van der Waals surface area contributed by atoms with Crippen LogP contribution in [-0.4, -0.2) is 43.6 Å². The van der Waals surface area contributed by atoms with Gasteiger partial charge in [0.2, 0.25) is 15.9 Å². The van der Waals surface area contributed by atoms with Gasteiger partial charge in [0.25, 0.3) is 0 Å². The molecule has 3 aromatic carbocycles. The molecule has 0 aromatic heterocycles. The molecule has 2 N–H and O–H groups in total. The van der Waals surface area contributed by atoms with Crippen molar-refractivity contribution in [2.75, 3.05) is 27.2 Å². The highest BCUT2D eigenvalue weighted by molar-refractivity contribution is 7.93. The Balaban J connectivity index is 1.34. The number of halogens is 1. The molecular formula is C26H25ClN4O4S. The summed E-state index contributed by atoms with van der Waals surface area (Å²) in [5.41, 5.74) is 3.68. The minimum absolute atomic E-state index is 0.141. The molecule has 1 fully saturated rings. The van der Waals surface area contributed by atoms with Crippen LogP contribution in [0, 0.1) is 0 Å². The van der Waals surface area contributed by atoms with E-state index in [4.69, 9.17) is 11.6 Å². The number of carbonyl (C=O) groups is 2. The molecule has 2 heterocycles. The Morgan fingerprint density at radius 3 is 2.17 bits per heavy atom. The van der Waals surface area contributed by atoms with Gasteiger partial charge in [0.05, 0.1) is 11.4 Å². The first-order chi connectivity index (χ1) is 17.3. The van der Waals surface area contributed by atoms with Crippen molar-refractivity contribution in [3.8, 4) is 0 Å². The van der Waals surface area contributed by atoms with Crippen LogP contribution in [0.2, 0.25) is 5.02 Å². The maximum absolute atomic E-state index is 13.4. The predicted molar refractivity (Wildman–Crippen MR) is 141 cm³/mol. The van der Waals surface area contributed by atoms with Crippen molar-refractivity contribution in [3.63, 3.8) is 0 Å². The highest BCUT2D eigenvalue weighted by atomic mass is 35.5. The number of rotatable bonds is 4. The highest BCUT2D eigenvalue weighted by Gasteiger charge is 2.35. The van der Waals surface area contributed by atoms with E-state index >= 15 is 0 Å². The topological polar surface area (TPSA) is 98.8 Å². The average Bonchev–Trinajstić information content (AvgIpc) is 3.23. The fraction of sp³-hybridized carbons (Fsp3) is 0.231. The third-order valence-electron chi connectivity index (χ3n) is 6.43. The molecule has 3 amide bonds. The molecule has 10 heteroatoms. The third kappa shape index (κ3) is 5.03. The zero-order valence-corrected chi connectivity index (χ0v) is 20.9. The van der Waals surface area contributed by atoms with E-state index in [0.717, 1.165) is 11.1 Å². The molecule has 1 saturated heterocycles. The number of hydrogen-bond donors (Lipinski definition) is 2. The summed E-state index contributed by atoms with van der Waals surface area (Å²) < 4.78 is 25.8. The fourth-order valence-corrected chi connectivity index (χ4v) is 6.26. The number of anilines is 3. The molecule has 0 aliphatic carbocycles. The highest BCUT2D eigenvalue weighted by Crippen LogP contribution is 2.28. The number of benzene rings is 3. The Kier molecular flexibility index (Phi) is 6.59. The largest absolute Gasteiger partial charge is 0.324 e. The van der Waals surface area contributed by atoms with Crippen molar-refractivity contribution >= 4 is 50.6 Å². The van der Waals surface area contributed by atoms with E-state index < -0.39 is 16.1 Å². The molecule has 2 aliphatic rings. The molecule has 3 aromatic rings. The van der Waals surface area contributed by atoms with Crippen LogP contribution in [0.25, 0.3) is 0 Å². The smallest absolute Gasteiger partial charge is 0.322 e. The average molecular weight is 525 g/mol. The van der Waals surface area contributed by atoms with E-state index in [9.17, 15) is 18.0 Å². The first-order valence-corrected chi connectivity index (χ1v) is 13.6. The second-order valence-electron chi connectivity index (χ2n) is 8.83. The zero-order valence-electron chi connectivity index (χ0n) is 19.4. The summed E-state index contributed by atoms with van der Waals surface area (Å²) in [7, 11) is -3.28. The van der Waals surface area contributed by atoms with E-state index in [1.54, 1.807) is 48.5 Å². The summed E-state index contributed by atoms with van der Waals surface area (Å²) in [6, 6.07) is 20.1. The lowest BCUT2D eigenvalue weighted by Crippen LogP contribution is -2.52. The van der Waals surface area contributed by atoms with Crippen LogP contribution in [0.15, 0.2) is 72.8 Å². The molecule has 1 atom stereocenters. The Hall–Kier alpha value is -3.56. The molecule has 36 heavy (non-hydrogen) atoms. The van der Waals surface area contributed by atoms with Crippen molar-refractivity contribution in [2.24, 2.45) is 0 Å². The van der Waals surface area contributed by atoms with Gasteiger partial charge >= 0.3 is 6.03 Å². The van der Waals surface area contributed by atoms with Crippen molar-refractivity contribution < 1.29 is 18.0 Å². The van der Waals surface area contributed by atoms with Crippen LogP contribution < -0.4 is 14.9 Å². The van der Waals surface area contributed by atoms with Gasteiger partial charge in [-0.1, -0.05) is 35.9 Å². The van der Waals surface area contributed by atoms with E-state index in [2.05, 4.69) is 10.6 Å². The maximum atomic E-state index is 13.4. The van der Waals surface area contributed by atoms with Crippen LogP contribution in [0.5, 0.6) is 0 Å². The summed E-state index contributed by atoms with van der Waals surface area (Å²) in [6.07, 6.45) is 0.970. The van der Waals surface area contributed by atoms with Crippen LogP contribution in [0.1, 0.15) is 17.5 Å². The summed E-state index contributed by atoms with van der Waals surface area (Å²) in [5, 5.41) is 6.30. The maximum Gasteiger partial charge on any atom is 0.322 e. The van der Waals surface area contributed by atoms with Gasteiger partial charge in [-0.15, -0.1) is 0 Å². The first kappa shape index (κ1) is 24.1. The summed E-state index contributed by atoms with van der Waals surface area (Å²) in [6.45, 7) is 0.743. The second-order valence-corrected chi connectivity index (χ2v) is 11.3. The lowest BCUT2D eigenvalue weighted by atomic mass is 9.93. The molecular weight excluding hydrogens is 500 g/mol. The van der Waals surface area contributed by atoms with Gasteiger partial charge in [-0.2, -0.15) is 0 Å². The lowest BCUT2D eigenvalue weighted by molar-refractivity contribution is -0.120. The first-order valence-electron chi connectivity index (χ1n) is 11.6. The molecule has 0 radical (unpaired) electrons. The summed E-state index contributed by atoms with van der Waals surface area (Å²) >= 11 is 5.95. The quantitative estimate of drug-likeness (QED) is 0.525. The number of fused-ring (bicyclic) bond motifs is 1. The molecule has 1 unspecified atom stereocenters. The van der Waals surface area contributed by atoms with Crippen molar-refractivity contribution in [1.29, 1.82) is 0 Å². The molecule has 0 saturated carbocycles. The number of carbonyl (C=O) groups excluding carboxylic acids is 2. The Morgan fingerprint density at radius 1 is 0.861 bits per heavy atom. The Labute approximate surface area is 214 Å². The van der Waals surface area contributed by atoms with Gasteiger partial charge in [0.15, 0.2) is 0 Å². The van der Waals surface area contributed by atoms with E-state index in [-0.39, 0.29) is 17.7 Å². The van der Waals surface area contributed by atoms with Gasteiger partial charge in [0, 0.05) is 35.9 Å². The Bertz CT molecular complexity index is 1390. The lowest BCUT2D eigenvalue weighted by Gasteiger charge is -2.36. The number of hydrogen-bond acceptors (Lipinski definition) is 4. The predicted octanol–water partition coefficient (Wildman–Crippen LogP) is 4.48. The van der Waals surface area contributed by atoms with E-state index in [1.165, 1.54) is 9.21 Å².